The first-order valence-electron chi connectivity index (χ1n) is 11.2. The van der Waals surface area contributed by atoms with Crippen LogP contribution in [0.4, 0.5) is 4.79 Å². The minimum Gasteiger partial charge on any atom is -0.407 e. The van der Waals surface area contributed by atoms with E-state index in [4.69, 9.17) is 16.0 Å². The van der Waals surface area contributed by atoms with Crippen molar-refractivity contribution in [1.82, 2.24) is 9.88 Å². The van der Waals surface area contributed by atoms with Crippen molar-refractivity contribution in [3.63, 3.8) is 0 Å². The molecule has 6 nitrogen and oxygen atoms in total. The van der Waals surface area contributed by atoms with Crippen molar-refractivity contribution < 1.29 is 14.0 Å². The summed E-state index contributed by atoms with van der Waals surface area (Å²) < 4.78 is 6.20. The van der Waals surface area contributed by atoms with Gasteiger partial charge in [-0.15, -0.1) is 0 Å². The molecule has 34 heavy (non-hydrogen) atoms. The van der Waals surface area contributed by atoms with Gasteiger partial charge in [0.2, 0.25) is 0 Å². The second kappa shape index (κ2) is 10.5. The molecule has 0 bridgehead atoms. The van der Waals surface area contributed by atoms with Gasteiger partial charge in [0.1, 0.15) is 0 Å². The molecule has 1 N–H and O–H groups in total. The molecule has 4 rings (SSSR count). The monoisotopic (exact) mass is 476 g/mol. The van der Waals surface area contributed by atoms with Gasteiger partial charge >= 0.3 is 11.8 Å². The number of carbonyl (C=O) groups excluding carboxylic acids is 2. The predicted molar refractivity (Wildman–Crippen MR) is 133 cm³/mol. The number of halogens is 1. The highest BCUT2D eigenvalue weighted by atomic mass is 35.5. The molecule has 1 atom stereocenters. The van der Waals surface area contributed by atoms with Crippen molar-refractivity contribution >= 4 is 34.5 Å². The van der Waals surface area contributed by atoms with Crippen molar-refractivity contribution in [3.8, 4) is 0 Å². The Labute approximate surface area is 202 Å². The molecular weight excluding hydrogens is 452 g/mol. The summed E-state index contributed by atoms with van der Waals surface area (Å²) in [6.45, 7) is 2.64. The van der Waals surface area contributed by atoms with Gasteiger partial charge in [-0.3, -0.25) is 4.79 Å². The van der Waals surface area contributed by atoms with Crippen LogP contribution in [-0.4, -0.2) is 22.9 Å². The van der Waals surface area contributed by atoms with E-state index in [1.165, 1.54) is 11.6 Å². The first-order chi connectivity index (χ1) is 16.4. The zero-order valence-corrected chi connectivity index (χ0v) is 19.5. The summed E-state index contributed by atoms with van der Waals surface area (Å²) >= 11 is 5.88. The molecule has 0 aliphatic carbocycles. The summed E-state index contributed by atoms with van der Waals surface area (Å²) in [4.78, 5) is 37.7. The number of oxazole rings is 1. The largest absolute Gasteiger partial charge is 0.428 e. The molecule has 1 unspecified atom stereocenters. The van der Waals surface area contributed by atoms with E-state index in [0.29, 0.717) is 34.1 Å². The maximum Gasteiger partial charge on any atom is 0.428 e. The second-order valence-corrected chi connectivity index (χ2v) is 8.70. The Hall–Kier alpha value is -3.64. The van der Waals surface area contributed by atoms with Crippen molar-refractivity contribution in [1.29, 1.82) is 0 Å². The molecule has 3 aromatic carbocycles. The quantitative estimate of drug-likeness (QED) is 0.249. The van der Waals surface area contributed by atoms with Gasteiger partial charge in [-0.2, -0.15) is 4.57 Å². The Morgan fingerprint density at radius 1 is 0.971 bits per heavy atom. The molecule has 0 fully saturated rings. The number of hydrogen-bond acceptors (Lipinski definition) is 4. The molecule has 4 aromatic rings. The number of unbranched alkanes of at least 4 members (excludes halogenated alkanes) is 1. The van der Waals surface area contributed by atoms with Crippen LogP contribution in [-0.2, 0) is 0 Å². The van der Waals surface area contributed by atoms with Gasteiger partial charge in [0.25, 0.3) is 0 Å². The van der Waals surface area contributed by atoms with Crippen molar-refractivity contribution in [2.24, 2.45) is 0 Å². The van der Waals surface area contributed by atoms with Gasteiger partial charge in [0, 0.05) is 22.7 Å². The van der Waals surface area contributed by atoms with E-state index >= 15 is 0 Å². The van der Waals surface area contributed by atoms with Gasteiger partial charge in [0.15, 0.2) is 11.4 Å². The number of nitrogens with zero attached hydrogens (tertiary/aromatic N) is 1. The standard InChI is InChI=1S/C27H25ClN2O4/c1-18(19-8-3-2-4-9-19)7-5-6-16-29-26(32)30-23-15-12-21(17-24(23)34-27(30)33)25(31)20-10-13-22(28)14-11-20/h2-4,8-15,17-18H,5-7,16H2,1H3,(H,29,32). The number of fused-ring (bicyclic) bond motifs is 1. The molecule has 0 radical (unpaired) electrons. The summed E-state index contributed by atoms with van der Waals surface area (Å²) in [5.41, 5.74) is 2.61. The predicted octanol–water partition coefficient (Wildman–Crippen LogP) is 6.01. The summed E-state index contributed by atoms with van der Waals surface area (Å²) in [6.07, 6.45) is 2.76. The molecule has 1 aromatic heterocycles. The number of amides is 1. The Balaban J connectivity index is 1.37. The lowest BCUT2D eigenvalue weighted by Gasteiger charge is -2.11. The van der Waals surface area contributed by atoms with Gasteiger partial charge in [-0.25, -0.2) is 9.59 Å². The number of carbonyl (C=O) groups is 2. The third-order valence-electron chi connectivity index (χ3n) is 5.86. The fraction of sp³-hybridized carbons (Fsp3) is 0.222. The summed E-state index contributed by atoms with van der Waals surface area (Å²) in [6, 6.07) is 20.9. The van der Waals surface area contributed by atoms with Crippen LogP contribution in [0.15, 0.2) is 82.0 Å². The number of aromatic nitrogens is 1. The zero-order chi connectivity index (χ0) is 24.1. The normalized spacial score (nSPS) is 11.9. The Morgan fingerprint density at radius 2 is 1.68 bits per heavy atom. The first-order valence-corrected chi connectivity index (χ1v) is 11.6. The zero-order valence-electron chi connectivity index (χ0n) is 18.8. The van der Waals surface area contributed by atoms with Crippen molar-refractivity contribution in [2.45, 2.75) is 32.1 Å². The fourth-order valence-electron chi connectivity index (χ4n) is 3.92. The van der Waals surface area contributed by atoms with Crippen LogP contribution in [0.3, 0.4) is 0 Å². The molecule has 0 spiro atoms. The van der Waals surface area contributed by atoms with Crippen molar-refractivity contribution in [2.75, 3.05) is 6.54 Å². The van der Waals surface area contributed by atoms with Crippen LogP contribution in [0.25, 0.3) is 11.1 Å². The van der Waals surface area contributed by atoms with Gasteiger partial charge in [-0.1, -0.05) is 55.3 Å². The smallest absolute Gasteiger partial charge is 0.407 e. The maximum atomic E-state index is 12.7. The fourth-order valence-corrected chi connectivity index (χ4v) is 4.04. The minimum absolute atomic E-state index is 0.177. The molecule has 1 amide bonds. The van der Waals surface area contributed by atoms with E-state index < -0.39 is 11.8 Å². The van der Waals surface area contributed by atoms with Crippen LogP contribution in [0.1, 0.15) is 53.6 Å². The van der Waals surface area contributed by atoms with Crippen LogP contribution in [0.2, 0.25) is 5.02 Å². The summed E-state index contributed by atoms with van der Waals surface area (Å²) in [5.74, 6) is -0.577. The van der Waals surface area contributed by atoms with E-state index in [1.807, 2.05) is 18.2 Å². The van der Waals surface area contributed by atoms with E-state index in [1.54, 1.807) is 36.4 Å². The Bertz CT molecular complexity index is 1360. The van der Waals surface area contributed by atoms with Crippen LogP contribution < -0.4 is 11.1 Å². The average molecular weight is 477 g/mol. The van der Waals surface area contributed by atoms with Crippen LogP contribution in [0, 0.1) is 0 Å². The third-order valence-corrected chi connectivity index (χ3v) is 6.11. The molecule has 0 saturated carbocycles. The molecule has 1 heterocycles. The molecule has 7 heteroatoms. The highest BCUT2D eigenvalue weighted by Gasteiger charge is 2.18. The average Bonchev–Trinajstić information content (AvgIpc) is 3.19. The highest BCUT2D eigenvalue weighted by Crippen LogP contribution is 2.21. The van der Waals surface area contributed by atoms with Gasteiger partial charge in [-0.05, 0) is 66.8 Å². The molecule has 0 aliphatic rings. The number of nitrogens with one attached hydrogen (secondary N) is 1. The SMILES string of the molecule is CC(CCCCNC(=O)n1c(=O)oc2cc(C(=O)c3ccc(Cl)cc3)ccc21)c1ccccc1. The molecule has 0 saturated heterocycles. The minimum atomic E-state index is -0.790. The molecule has 174 valence electrons. The molecular formula is C27H25ClN2O4. The molecule has 0 aliphatic heterocycles. The van der Waals surface area contributed by atoms with Crippen molar-refractivity contribution in [3.05, 3.63) is 105 Å². The van der Waals surface area contributed by atoms with E-state index in [0.717, 1.165) is 23.8 Å². The number of benzene rings is 3. The highest BCUT2D eigenvalue weighted by molar-refractivity contribution is 6.30. The van der Waals surface area contributed by atoms with Crippen LogP contribution in [0.5, 0.6) is 0 Å². The van der Waals surface area contributed by atoms with E-state index in [-0.39, 0.29) is 11.4 Å². The topological polar surface area (TPSA) is 81.3 Å². The summed E-state index contributed by atoms with van der Waals surface area (Å²) in [7, 11) is 0. The Morgan fingerprint density at radius 3 is 2.41 bits per heavy atom. The second-order valence-electron chi connectivity index (χ2n) is 8.26. The lowest BCUT2D eigenvalue weighted by Crippen LogP contribution is -2.34. The Kier molecular flexibility index (Phi) is 7.28. The van der Waals surface area contributed by atoms with Gasteiger partial charge in [0.05, 0.1) is 5.52 Å². The number of hydrogen-bond donors (Lipinski definition) is 1. The van der Waals surface area contributed by atoms with Crippen LogP contribution >= 0.6 is 11.6 Å². The van der Waals surface area contributed by atoms with E-state index in [2.05, 4.69) is 24.4 Å². The van der Waals surface area contributed by atoms with Gasteiger partial charge < -0.3 is 9.73 Å². The lowest BCUT2D eigenvalue weighted by atomic mass is 9.95. The first kappa shape index (κ1) is 23.5. The third kappa shape index (κ3) is 5.29. The summed E-state index contributed by atoms with van der Waals surface area (Å²) in [5, 5.41) is 3.32. The number of ketones is 1. The maximum absolute atomic E-state index is 12.7. The van der Waals surface area contributed by atoms with E-state index in [9.17, 15) is 14.4 Å². The number of rotatable bonds is 8. The lowest BCUT2D eigenvalue weighted by molar-refractivity contribution is 0.103.